The van der Waals surface area contributed by atoms with Gasteiger partial charge >= 0.3 is 0 Å². The van der Waals surface area contributed by atoms with Gasteiger partial charge in [0.15, 0.2) is 0 Å². The van der Waals surface area contributed by atoms with Crippen molar-refractivity contribution in [3.63, 3.8) is 0 Å². The van der Waals surface area contributed by atoms with E-state index in [2.05, 4.69) is 15.8 Å². The maximum atomic E-state index is 12.2. The van der Waals surface area contributed by atoms with E-state index in [1.165, 1.54) is 0 Å². The highest BCUT2D eigenvalue weighted by Gasteiger charge is 2.21. The van der Waals surface area contributed by atoms with Crippen molar-refractivity contribution in [3.8, 4) is 0 Å². The summed E-state index contributed by atoms with van der Waals surface area (Å²) in [5, 5.41) is 7.07. The zero-order valence-corrected chi connectivity index (χ0v) is 14.7. The molecule has 0 atom stereocenters. The molecule has 0 aliphatic rings. The Morgan fingerprint density at radius 2 is 1.40 bits per heavy atom. The number of amides is 2. The van der Waals surface area contributed by atoms with Crippen LogP contribution in [0.1, 0.15) is 36.7 Å². The third kappa shape index (κ3) is 5.57. The molecule has 0 aromatic heterocycles. The van der Waals surface area contributed by atoms with Crippen LogP contribution in [0.5, 0.6) is 0 Å². The molecule has 0 aliphatic heterocycles. The number of nitrogens with zero attached hydrogens (tertiary/aromatic N) is 1. The number of carbonyl (C=O) groups excluding carboxylic acids is 2. The molecule has 2 rings (SSSR count). The highest BCUT2D eigenvalue weighted by Crippen LogP contribution is 2.12. The van der Waals surface area contributed by atoms with Gasteiger partial charge in [-0.15, -0.1) is 0 Å². The molecular formula is C20H23N3O2. The number of rotatable bonds is 5. The second-order valence-electron chi connectivity index (χ2n) is 6.66. The summed E-state index contributed by atoms with van der Waals surface area (Å²) in [4.78, 5) is 24.3. The van der Waals surface area contributed by atoms with Crippen LogP contribution in [0.25, 0.3) is 0 Å². The van der Waals surface area contributed by atoms with Gasteiger partial charge in [-0.2, -0.15) is 5.10 Å². The second kappa shape index (κ2) is 8.24. The maximum absolute atomic E-state index is 12.2. The van der Waals surface area contributed by atoms with Gasteiger partial charge in [-0.1, -0.05) is 69.3 Å². The first-order valence-electron chi connectivity index (χ1n) is 8.13. The number of hydrogen-bond acceptors (Lipinski definition) is 3. The molecule has 5 nitrogen and oxygen atoms in total. The number of nitrogens with one attached hydrogen (secondary N) is 2. The van der Waals surface area contributed by atoms with Crippen molar-refractivity contribution >= 4 is 17.5 Å². The van der Waals surface area contributed by atoms with E-state index in [1.807, 2.05) is 69.3 Å². The monoisotopic (exact) mass is 337 g/mol. The standard InChI is InChI=1S/C20H23N3O2/c1-20(2,3)19(25)23-22-17(15-10-6-4-7-11-15)14-21-18(24)16-12-8-5-9-13-16/h4-13H,14H2,1-3H3,(H,21,24)(H,23,25)/b22-17+. The SMILES string of the molecule is CC(C)(C)C(=O)N/N=C(\CNC(=O)c1ccccc1)c1ccccc1. The summed E-state index contributed by atoms with van der Waals surface area (Å²) in [6.45, 7) is 5.66. The zero-order valence-electron chi connectivity index (χ0n) is 14.7. The predicted molar refractivity (Wildman–Crippen MR) is 99.4 cm³/mol. The highest BCUT2D eigenvalue weighted by molar-refractivity contribution is 6.05. The van der Waals surface area contributed by atoms with Crippen LogP contribution < -0.4 is 10.7 Å². The molecule has 0 spiro atoms. The second-order valence-corrected chi connectivity index (χ2v) is 6.66. The lowest BCUT2D eigenvalue weighted by molar-refractivity contribution is -0.128. The predicted octanol–water partition coefficient (Wildman–Crippen LogP) is 2.98. The summed E-state index contributed by atoms with van der Waals surface area (Å²) in [5.74, 6) is -0.373. The van der Waals surface area contributed by atoms with Gasteiger partial charge in [0, 0.05) is 11.0 Å². The molecule has 130 valence electrons. The van der Waals surface area contributed by atoms with Crippen LogP contribution in [0, 0.1) is 5.41 Å². The van der Waals surface area contributed by atoms with E-state index in [0.717, 1.165) is 5.56 Å². The van der Waals surface area contributed by atoms with E-state index < -0.39 is 5.41 Å². The fourth-order valence-electron chi connectivity index (χ4n) is 1.98. The minimum Gasteiger partial charge on any atom is -0.346 e. The number of benzene rings is 2. The molecule has 2 N–H and O–H groups in total. The Bertz CT molecular complexity index is 748. The summed E-state index contributed by atoms with van der Waals surface area (Å²) in [6, 6.07) is 18.4. The molecule has 0 unspecified atom stereocenters. The minimum atomic E-state index is -0.543. The van der Waals surface area contributed by atoms with Gasteiger partial charge in [0.1, 0.15) is 0 Å². The molecule has 0 bridgehead atoms. The van der Waals surface area contributed by atoms with Crippen molar-refractivity contribution < 1.29 is 9.59 Å². The molecule has 0 fully saturated rings. The Balaban J connectivity index is 2.13. The lowest BCUT2D eigenvalue weighted by atomic mass is 9.96. The normalized spacial score (nSPS) is 11.7. The van der Waals surface area contributed by atoms with Gasteiger partial charge in [0.2, 0.25) is 5.91 Å². The lowest BCUT2D eigenvalue weighted by Crippen LogP contribution is -2.35. The lowest BCUT2D eigenvalue weighted by Gasteiger charge is -2.16. The molecule has 2 aromatic rings. The first-order chi connectivity index (χ1) is 11.9. The smallest absolute Gasteiger partial charge is 0.251 e. The summed E-state index contributed by atoms with van der Waals surface area (Å²) in [7, 11) is 0. The third-order valence-corrected chi connectivity index (χ3v) is 3.53. The molecule has 2 amide bonds. The van der Waals surface area contributed by atoms with Gasteiger partial charge < -0.3 is 5.32 Å². The summed E-state index contributed by atoms with van der Waals surface area (Å²) >= 11 is 0. The van der Waals surface area contributed by atoms with E-state index in [1.54, 1.807) is 12.1 Å². The van der Waals surface area contributed by atoms with Crippen molar-refractivity contribution in [2.75, 3.05) is 6.54 Å². The van der Waals surface area contributed by atoms with Gasteiger partial charge in [-0.25, -0.2) is 5.43 Å². The van der Waals surface area contributed by atoms with Crippen LogP contribution in [0.4, 0.5) is 0 Å². The molecule has 0 heterocycles. The molecule has 5 heteroatoms. The molecule has 0 saturated heterocycles. The molecule has 25 heavy (non-hydrogen) atoms. The average Bonchev–Trinajstić information content (AvgIpc) is 2.62. The van der Waals surface area contributed by atoms with Crippen LogP contribution in [0.15, 0.2) is 65.8 Å². The Kier molecular flexibility index (Phi) is 6.06. The first-order valence-corrected chi connectivity index (χ1v) is 8.13. The largest absolute Gasteiger partial charge is 0.346 e. The van der Waals surface area contributed by atoms with E-state index in [0.29, 0.717) is 11.3 Å². The summed E-state index contributed by atoms with van der Waals surface area (Å²) in [6.07, 6.45) is 0. The van der Waals surface area contributed by atoms with Crippen LogP contribution in [-0.2, 0) is 4.79 Å². The van der Waals surface area contributed by atoms with Crippen LogP contribution in [0.3, 0.4) is 0 Å². The molecule has 0 saturated carbocycles. The van der Waals surface area contributed by atoms with Gasteiger partial charge in [-0.05, 0) is 17.7 Å². The van der Waals surface area contributed by atoms with Crippen molar-refractivity contribution in [1.29, 1.82) is 0 Å². The Hall–Kier alpha value is -2.95. The maximum Gasteiger partial charge on any atom is 0.251 e. The fraction of sp³-hybridized carbons (Fsp3) is 0.250. The quantitative estimate of drug-likeness (QED) is 0.650. The molecule has 0 aliphatic carbocycles. The molecular weight excluding hydrogens is 314 g/mol. The van der Waals surface area contributed by atoms with Gasteiger partial charge in [0.05, 0.1) is 12.3 Å². The molecule has 2 aromatic carbocycles. The third-order valence-electron chi connectivity index (χ3n) is 3.53. The minimum absolute atomic E-state index is 0.185. The summed E-state index contributed by atoms with van der Waals surface area (Å²) < 4.78 is 0. The summed E-state index contributed by atoms with van der Waals surface area (Å²) in [5.41, 5.74) is 4.04. The highest BCUT2D eigenvalue weighted by atomic mass is 16.2. The van der Waals surface area contributed by atoms with Crippen molar-refractivity contribution in [3.05, 3.63) is 71.8 Å². The van der Waals surface area contributed by atoms with Crippen LogP contribution in [-0.4, -0.2) is 24.1 Å². The van der Waals surface area contributed by atoms with Gasteiger partial charge in [0.25, 0.3) is 5.91 Å². The Morgan fingerprint density at radius 3 is 1.92 bits per heavy atom. The number of carbonyl (C=O) groups is 2. The van der Waals surface area contributed by atoms with E-state index in [-0.39, 0.29) is 18.4 Å². The topological polar surface area (TPSA) is 70.6 Å². The van der Waals surface area contributed by atoms with Crippen LogP contribution >= 0.6 is 0 Å². The number of hydrogen-bond donors (Lipinski definition) is 2. The van der Waals surface area contributed by atoms with E-state index >= 15 is 0 Å². The molecule has 0 radical (unpaired) electrons. The van der Waals surface area contributed by atoms with Crippen molar-refractivity contribution in [1.82, 2.24) is 10.7 Å². The van der Waals surface area contributed by atoms with E-state index in [9.17, 15) is 9.59 Å². The fourth-order valence-corrected chi connectivity index (χ4v) is 1.98. The Morgan fingerprint density at radius 1 is 0.880 bits per heavy atom. The Labute approximate surface area is 148 Å². The van der Waals surface area contributed by atoms with E-state index in [4.69, 9.17) is 0 Å². The van der Waals surface area contributed by atoms with Crippen molar-refractivity contribution in [2.45, 2.75) is 20.8 Å². The number of hydrazone groups is 1. The first kappa shape index (κ1) is 18.4. The van der Waals surface area contributed by atoms with Crippen molar-refractivity contribution in [2.24, 2.45) is 10.5 Å². The van der Waals surface area contributed by atoms with Gasteiger partial charge in [-0.3, -0.25) is 9.59 Å². The van der Waals surface area contributed by atoms with Crippen LogP contribution in [0.2, 0.25) is 0 Å². The zero-order chi connectivity index (χ0) is 18.3. The average molecular weight is 337 g/mol.